The van der Waals surface area contributed by atoms with E-state index < -0.39 is 114 Å². The number of carbonyl (C=O) groups excluding carboxylic acids is 4. The first kappa shape index (κ1) is 50.8. The molecule has 1 amide bonds. The number of hydrogen-bond donors (Lipinski definition) is 4. The number of rotatable bonds is 10. The van der Waals surface area contributed by atoms with Gasteiger partial charge in [0.25, 0.3) is 0 Å². The number of likely N-dealkylation sites (N-methyl/N-ethyl adjacent to an activating group) is 1. The zero-order valence-corrected chi connectivity index (χ0v) is 37.7. The van der Waals surface area contributed by atoms with Crippen LogP contribution in [0.2, 0.25) is 0 Å². The van der Waals surface area contributed by atoms with Crippen LogP contribution in [0.15, 0.2) is 0 Å². The molecule has 18 heteroatoms. The molecule has 3 aliphatic heterocycles. The summed E-state index contributed by atoms with van der Waals surface area (Å²) in [7, 11) is 6.69. The van der Waals surface area contributed by atoms with E-state index in [1.165, 1.54) is 35.0 Å². The fraction of sp³-hybridized carbons (Fsp3) is 0.902. The molecule has 0 unspecified atom stereocenters. The van der Waals surface area contributed by atoms with Crippen molar-refractivity contribution in [2.45, 2.75) is 186 Å². The molecule has 3 aliphatic rings. The van der Waals surface area contributed by atoms with Crippen molar-refractivity contribution in [2.24, 2.45) is 29.5 Å². The minimum absolute atomic E-state index is 0.0264. The number of nitrogens with zero attached hydrogens (tertiary/aromatic N) is 1. The number of esters is 2. The number of nitrogens with one attached hydrogen (secondary N) is 1. The molecule has 0 aromatic carbocycles. The van der Waals surface area contributed by atoms with Crippen molar-refractivity contribution >= 4 is 23.8 Å². The highest BCUT2D eigenvalue weighted by atomic mass is 16.7. The highest BCUT2D eigenvalue weighted by molar-refractivity contribution is 5.83. The number of nitrogens with two attached hydrogens (primary N) is 1. The van der Waals surface area contributed by atoms with Crippen molar-refractivity contribution < 1.29 is 72.0 Å². The summed E-state index contributed by atoms with van der Waals surface area (Å²) in [6.45, 7) is 18.1. The van der Waals surface area contributed by atoms with Gasteiger partial charge in [0, 0.05) is 45.3 Å². The van der Waals surface area contributed by atoms with Gasteiger partial charge in [-0.15, -0.1) is 0 Å². The third kappa shape index (κ3) is 11.5. The van der Waals surface area contributed by atoms with Crippen molar-refractivity contribution in [2.75, 3.05) is 28.3 Å². The van der Waals surface area contributed by atoms with E-state index in [2.05, 4.69) is 0 Å². The van der Waals surface area contributed by atoms with E-state index >= 15 is 0 Å². The van der Waals surface area contributed by atoms with Crippen molar-refractivity contribution in [3.05, 3.63) is 0 Å². The molecule has 0 aromatic heterocycles. The molecular weight excluding hydrogens is 774 g/mol. The van der Waals surface area contributed by atoms with Crippen LogP contribution in [0.5, 0.6) is 0 Å². The number of carbonyl (C=O) groups is 4. The molecule has 3 rings (SSSR count). The van der Waals surface area contributed by atoms with E-state index in [1.54, 1.807) is 41.5 Å². The number of ether oxygens (including phenoxy) is 9. The molecule has 0 aromatic rings. The molecular formula is C41H73N3O15. The average molecular weight is 848 g/mol. The van der Waals surface area contributed by atoms with Gasteiger partial charge in [0.05, 0.1) is 48.1 Å². The zero-order valence-electron chi connectivity index (χ0n) is 37.7. The second kappa shape index (κ2) is 20.6. The third-order valence-corrected chi connectivity index (χ3v) is 12.9. The molecule has 0 bridgehead atoms. The van der Waals surface area contributed by atoms with E-state index in [1.807, 2.05) is 38.3 Å². The number of hydrazine groups is 1. The summed E-state index contributed by atoms with van der Waals surface area (Å²) in [5.41, 5.74) is -2.55. The Morgan fingerprint density at radius 1 is 0.898 bits per heavy atom. The van der Waals surface area contributed by atoms with E-state index in [9.17, 15) is 29.4 Å². The fourth-order valence-electron chi connectivity index (χ4n) is 9.25. The average Bonchev–Trinajstić information content (AvgIpc) is 3.17. The first-order chi connectivity index (χ1) is 27.3. The molecule has 5 N–H and O–H groups in total. The fourth-order valence-corrected chi connectivity index (χ4v) is 9.25. The molecule has 3 heterocycles. The molecule has 0 saturated carbocycles. The Hall–Kier alpha value is -2.52. The number of methoxy groups -OCH3 is 2. The quantitative estimate of drug-likeness (QED) is 0.0814. The van der Waals surface area contributed by atoms with Gasteiger partial charge < -0.3 is 57.7 Å². The van der Waals surface area contributed by atoms with Gasteiger partial charge in [-0.3, -0.25) is 19.8 Å². The predicted octanol–water partition coefficient (Wildman–Crippen LogP) is 2.62. The van der Waals surface area contributed by atoms with Gasteiger partial charge in [0.15, 0.2) is 24.8 Å². The predicted molar refractivity (Wildman–Crippen MR) is 212 cm³/mol. The Balaban J connectivity index is 2.27. The number of Topliss-reactive ketones (excluding diaryl/α,β-unsaturated/α-hetero) is 1. The highest BCUT2D eigenvalue weighted by Gasteiger charge is 2.55. The summed E-state index contributed by atoms with van der Waals surface area (Å²) in [5.74, 6) is -0.0674. The topological polar surface area (TPSA) is 233 Å². The zero-order chi connectivity index (χ0) is 44.9. The second-order valence-electron chi connectivity index (χ2n) is 17.7. The van der Waals surface area contributed by atoms with Crippen LogP contribution in [-0.4, -0.2) is 151 Å². The summed E-state index contributed by atoms with van der Waals surface area (Å²) in [4.78, 5) is 55.3. The van der Waals surface area contributed by atoms with Gasteiger partial charge in [-0.2, -0.15) is 0 Å². The summed E-state index contributed by atoms with van der Waals surface area (Å²) < 4.78 is 56.3. The van der Waals surface area contributed by atoms with Crippen LogP contribution >= 0.6 is 0 Å². The van der Waals surface area contributed by atoms with Crippen molar-refractivity contribution in [3.63, 3.8) is 0 Å². The van der Waals surface area contributed by atoms with E-state index in [0.717, 1.165) is 0 Å². The molecule has 3 saturated heterocycles. The SMILES string of the molecule is CC[C@H]1OC(=O)[C@H](C)[C@@H](O[C@H]2C[C@@](C)(OC)[C@@H](OC(=O)NN)[C@H](C)O2)[C@H](C)[C@@H](O[C@@H]2O[C@H](C)C[C@H](N(C)C)[C@H]2OC(C)=O)[C@@](C)(OC)C[C@@H](C)C(=O)[C@H](C)[C@@H](O)[C@]1(C)O. The molecule has 18 nitrogen and oxygen atoms in total. The maximum Gasteiger partial charge on any atom is 0.421 e. The van der Waals surface area contributed by atoms with Gasteiger partial charge in [0.2, 0.25) is 0 Å². The maximum atomic E-state index is 14.4. The monoisotopic (exact) mass is 848 g/mol. The maximum absolute atomic E-state index is 14.4. The number of hydrogen-bond acceptors (Lipinski definition) is 17. The minimum atomic E-state index is -2.02. The molecule has 3 fully saturated rings. The lowest BCUT2D eigenvalue weighted by atomic mass is 9.74. The van der Waals surface area contributed by atoms with Gasteiger partial charge in [-0.1, -0.05) is 27.7 Å². The smallest absolute Gasteiger partial charge is 0.421 e. The standard InChI is InChI=1S/C41H73N3O15/c1-16-28-41(11,50)33(47)22(4)30(46)20(2)18-39(9,51-14)34(58-37-32(55-26(8)45)27(44(12)13)17-21(3)53-37)23(5)31(24(6)36(48)56-28)57-29-19-40(10,52-15)35(25(7)54-29)59-38(49)43-42/h20-25,27-29,31-35,37,47,50H,16-19,42H2,1-15H3,(H,43,49)/t20-,21-,22+,23+,24-,25+,27+,28-,29+,31+,32-,33-,34-,35+,37+,39+,40-,41-/m1/s1. The summed E-state index contributed by atoms with van der Waals surface area (Å²) >= 11 is 0. The lowest BCUT2D eigenvalue weighted by Gasteiger charge is -2.50. The molecule has 342 valence electrons. The van der Waals surface area contributed by atoms with Crippen LogP contribution < -0.4 is 11.3 Å². The molecule has 0 aliphatic carbocycles. The Bertz CT molecular complexity index is 1440. The number of ketones is 1. The van der Waals surface area contributed by atoms with Crippen LogP contribution in [0, 0.1) is 23.7 Å². The first-order valence-corrected chi connectivity index (χ1v) is 20.7. The molecule has 59 heavy (non-hydrogen) atoms. The normalized spacial score (nSPS) is 44.3. The lowest BCUT2D eigenvalue weighted by Crippen LogP contribution is -2.62. The van der Waals surface area contributed by atoms with Gasteiger partial charge in [0.1, 0.15) is 23.1 Å². The van der Waals surface area contributed by atoms with Gasteiger partial charge in [-0.25, -0.2) is 10.6 Å². The molecule has 0 spiro atoms. The minimum Gasteiger partial charge on any atom is -0.459 e. The third-order valence-electron chi connectivity index (χ3n) is 12.9. The van der Waals surface area contributed by atoms with Crippen LogP contribution in [-0.2, 0) is 57.0 Å². The largest absolute Gasteiger partial charge is 0.459 e. The van der Waals surface area contributed by atoms with E-state index in [4.69, 9.17) is 48.5 Å². The summed E-state index contributed by atoms with van der Waals surface area (Å²) in [6, 6.07) is -0.307. The van der Waals surface area contributed by atoms with Crippen molar-refractivity contribution in [1.29, 1.82) is 0 Å². The van der Waals surface area contributed by atoms with Crippen molar-refractivity contribution in [3.8, 4) is 0 Å². The van der Waals surface area contributed by atoms with Crippen LogP contribution in [0.25, 0.3) is 0 Å². The number of cyclic esters (lactones) is 1. The summed E-state index contributed by atoms with van der Waals surface area (Å²) in [6.07, 6.45) is -10.3. The van der Waals surface area contributed by atoms with Crippen LogP contribution in [0.4, 0.5) is 4.79 Å². The Morgan fingerprint density at radius 2 is 1.49 bits per heavy atom. The van der Waals surface area contributed by atoms with E-state index in [0.29, 0.717) is 6.42 Å². The van der Waals surface area contributed by atoms with Gasteiger partial charge >= 0.3 is 18.0 Å². The highest BCUT2D eigenvalue weighted by Crippen LogP contribution is 2.42. The lowest BCUT2D eigenvalue weighted by molar-refractivity contribution is -0.320. The van der Waals surface area contributed by atoms with Crippen molar-refractivity contribution in [1.82, 2.24) is 10.3 Å². The first-order valence-electron chi connectivity index (χ1n) is 20.7. The second-order valence-corrected chi connectivity index (χ2v) is 17.7. The molecule has 0 radical (unpaired) electrons. The number of amides is 1. The number of aliphatic hydroxyl groups excluding tert-OH is 1. The Morgan fingerprint density at radius 3 is 2.02 bits per heavy atom. The Kier molecular flexibility index (Phi) is 17.7. The van der Waals surface area contributed by atoms with Crippen LogP contribution in [0.3, 0.4) is 0 Å². The van der Waals surface area contributed by atoms with E-state index in [-0.39, 0.29) is 37.2 Å². The Labute approximate surface area is 349 Å². The number of aliphatic hydroxyl groups is 2. The van der Waals surface area contributed by atoms with Crippen LogP contribution in [0.1, 0.15) is 102 Å². The summed E-state index contributed by atoms with van der Waals surface area (Å²) in [5, 5.41) is 23.3. The van der Waals surface area contributed by atoms with Gasteiger partial charge in [-0.05, 0) is 74.9 Å². The molecule has 18 atom stereocenters.